The van der Waals surface area contributed by atoms with Crippen molar-refractivity contribution >= 4 is 16.7 Å². The summed E-state index contributed by atoms with van der Waals surface area (Å²) in [5.74, 6) is -0.211. The van der Waals surface area contributed by atoms with Crippen LogP contribution in [0.25, 0.3) is 10.8 Å². The molecule has 2 N–H and O–H groups in total. The zero-order chi connectivity index (χ0) is 17.9. The summed E-state index contributed by atoms with van der Waals surface area (Å²) < 4.78 is 5.67. The number of carbonyl (C=O) groups excluding carboxylic acids is 1. The lowest BCUT2D eigenvalue weighted by molar-refractivity contribution is -0.134. The number of nitrogens with one attached hydrogen (secondary N) is 1. The monoisotopic (exact) mass is 347 g/mol. The van der Waals surface area contributed by atoms with Crippen molar-refractivity contribution in [1.29, 1.82) is 0 Å². The van der Waals surface area contributed by atoms with Crippen molar-refractivity contribution in [2.75, 3.05) is 13.2 Å². The molecule has 2 unspecified atom stereocenters. The molecule has 0 radical (unpaired) electrons. The van der Waals surface area contributed by atoms with Gasteiger partial charge in [0.05, 0.1) is 12.7 Å². The van der Waals surface area contributed by atoms with Crippen molar-refractivity contribution in [2.24, 2.45) is 0 Å². The Morgan fingerprint density at radius 2 is 1.85 bits per heavy atom. The van der Waals surface area contributed by atoms with Gasteiger partial charge in [-0.25, -0.2) is 0 Å². The smallest absolute Gasteiger partial charge is 0.253 e. The normalized spacial score (nSPS) is 17.5. The maximum Gasteiger partial charge on any atom is 0.253 e. The molecular formula is C22H21NO3. The molecule has 4 heteroatoms. The molecule has 0 saturated heterocycles. The number of benzene rings is 3. The molecule has 1 aliphatic heterocycles. The van der Waals surface area contributed by atoms with E-state index in [4.69, 9.17) is 4.74 Å². The molecular weight excluding hydrogens is 326 g/mol. The Morgan fingerprint density at radius 3 is 2.73 bits per heavy atom. The lowest BCUT2D eigenvalue weighted by atomic mass is 9.97. The van der Waals surface area contributed by atoms with Crippen molar-refractivity contribution in [3.05, 3.63) is 83.4 Å². The van der Waals surface area contributed by atoms with Gasteiger partial charge < -0.3 is 15.2 Å². The Hall–Kier alpha value is -2.69. The molecule has 3 aromatic carbocycles. The molecule has 1 aliphatic rings. The second-order valence-corrected chi connectivity index (χ2v) is 6.57. The number of hydrogen-bond acceptors (Lipinski definition) is 3. The van der Waals surface area contributed by atoms with Crippen LogP contribution in [0, 0.1) is 0 Å². The first-order valence-corrected chi connectivity index (χ1v) is 8.86. The molecule has 132 valence electrons. The third-order valence-electron chi connectivity index (χ3n) is 4.86. The lowest BCUT2D eigenvalue weighted by Gasteiger charge is -2.25. The minimum atomic E-state index is -0.762. The van der Waals surface area contributed by atoms with E-state index in [2.05, 4.69) is 5.32 Å². The van der Waals surface area contributed by atoms with Crippen molar-refractivity contribution in [2.45, 2.75) is 18.6 Å². The number of fused-ring (bicyclic) bond motifs is 2. The average molecular weight is 347 g/mol. The van der Waals surface area contributed by atoms with Gasteiger partial charge in [-0.1, -0.05) is 60.7 Å². The average Bonchev–Trinajstić information content (AvgIpc) is 2.71. The van der Waals surface area contributed by atoms with Gasteiger partial charge in [0.1, 0.15) is 0 Å². The highest BCUT2D eigenvalue weighted by molar-refractivity contribution is 5.84. The summed E-state index contributed by atoms with van der Waals surface area (Å²) in [5, 5.41) is 15.5. The predicted molar refractivity (Wildman–Crippen MR) is 101 cm³/mol. The van der Waals surface area contributed by atoms with Gasteiger partial charge in [0.25, 0.3) is 5.91 Å². The Balaban J connectivity index is 1.44. The van der Waals surface area contributed by atoms with Crippen molar-refractivity contribution < 1.29 is 14.6 Å². The van der Waals surface area contributed by atoms with E-state index in [1.165, 1.54) is 0 Å². The lowest BCUT2D eigenvalue weighted by Crippen LogP contribution is -2.36. The van der Waals surface area contributed by atoms with Gasteiger partial charge in [0.15, 0.2) is 6.10 Å². The quantitative estimate of drug-likeness (QED) is 0.761. The highest BCUT2D eigenvalue weighted by atomic mass is 16.5. The zero-order valence-electron chi connectivity index (χ0n) is 14.4. The first-order chi connectivity index (χ1) is 12.7. The Kier molecular flexibility index (Phi) is 4.69. The largest absolute Gasteiger partial charge is 0.387 e. The Labute approximate surface area is 152 Å². The van der Waals surface area contributed by atoms with E-state index in [-0.39, 0.29) is 12.5 Å². The van der Waals surface area contributed by atoms with Crippen molar-refractivity contribution in [3.63, 3.8) is 0 Å². The van der Waals surface area contributed by atoms with Crippen LogP contribution in [0.5, 0.6) is 0 Å². The number of amides is 1. The highest BCUT2D eigenvalue weighted by Gasteiger charge is 2.27. The molecule has 0 spiro atoms. The zero-order valence-corrected chi connectivity index (χ0v) is 14.4. The fraction of sp³-hybridized carbons (Fsp3) is 0.227. The number of aliphatic hydroxyl groups excluding tert-OH is 1. The van der Waals surface area contributed by atoms with Crippen LogP contribution in [0.3, 0.4) is 0 Å². The number of ether oxygens (including phenoxy) is 1. The number of carbonyl (C=O) groups is 1. The van der Waals surface area contributed by atoms with Crippen LogP contribution >= 0.6 is 0 Å². The van der Waals surface area contributed by atoms with Crippen LogP contribution in [-0.2, 0) is 16.0 Å². The van der Waals surface area contributed by atoms with Crippen molar-refractivity contribution in [3.8, 4) is 0 Å². The van der Waals surface area contributed by atoms with Crippen LogP contribution < -0.4 is 5.32 Å². The van der Waals surface area contributed by atoms with Gasteiger partial charge in [-0.15, -0.1) is 0 Å². The summed E-state index contributed by atoms with van der Waals surface area (Å²) >= 11 is 0. The van der Waals surface area contributed by atoms with Gasteiger partial charge in [0, 0.05) is 6.54 Å². The molecule has 1 heterocycles. The third kappa shape index (κ3) is 3.34. The van der Waals surface area contributed by atoms with Crippen LogP contribution in [0.4, 0.5) is 0 Å². The first kappa shape index (κ1) is 16.8. The Morgan fingerprint density at radius 1 is 1.08 bits per heavy atom. The SMILES string of the molecule is O=C(NCC(O)c1ccc2ccccc2c1)C1OCCc2ccccc21. The summed E-state index contributed by atoms with van der Waals surface area (Å²) in [4.78, 5) is 12.6. The van der Waals surface area contributed by atoms with E-state index in [9.17, 15) is 9.90 Å². The van der Waals surface area contributed by atoms with Crippen molar-refractivity contribution in [1.82, 2.24) is 5.32 Å². The molecule has 0 aliphatic carbocycles. The predicted octanol–water partition coefficient (Wildman–Crippen LogP) is 3.30. The summed E-state index contributed by atoms with van der Waals surface area (Å²) in [7, 11) is 0. The van der Waals surface area contributed by atoms with Crippen LogP contribution in [-0.4, -0.2) is 24.2 Å². The van der Waals surface area contributed by atoms with E-state index in [0.29, 0.717) is 6.61 Å². The highest BCUT2D eigenvalue weighted by Crippen LogP contribution is 2.27. The summed E-state index contributed by atoms with van der Waals surface area (Å²) in [6.07, 6.45) is -0.550. The molecule has 0 aromatic heterocycles. The fourth-order valence-electron chi connectivity index (χ4n) is 3.43. The second-order valence-electron chi connectivity index (χ2n) is 6.57. The van der Waals surface area contributed by atoms with Gasteiger partial charge >= 0.3 is 0 Å². The molecule has 0 saturated carbocycles. The minimum Gasteiger partial charge on any atom is -0.387 e. The molecule has 2 atom stereocenters. The first-order valence-electron chi connectivity index (χ1n) is 8.86. The summed E-state index contributed by atoms with van der Waals surface area (Å²) in [5.41, 5.74) is 2.85. The van der Waals surface area contributed by atoms with Crippen LogP contribution in [0.1, 0.15) is 28.9 Å². The molecule has 4 rings (SSSR count). The Bertz CT molecular complexity index is 937. The van der Waals surface area contributed by atoms with Gasteiger partial charge in [0.2, 0.25) is 0 Å². The van der Waals surface area contributed by atoms with E-state index >= 15 is 0 Å². The maximum absolute atomic E-state index is 12.6. The van der Waals surface area contributed by atoms with E-state index in [0.717, 1.165) is 33.9 Å². The molecule has 3 aromatic rings. The summed E-state index contributed by atoms with van der Waals surface area (Å²) in [6.45, 7) is 0.682. The second kappa shape index (κ2) is 7.28. The number of rotatable bonds is 4. The van der Waals surface area contributed by atoms with E-state index < -0.39 is 12.2 Å². The molecule has 4 nitrogen and oxygen atoms in total. The molecule has 0 fully saturated rings. The number of hydrogen-bond donors (Lipinski definition) is 2. The summed E-state index contributed by atoms with van der Waals surface area (Å²) in [6, 6.07) is 21.7. The standard InChI is InChI=1S/C22H21NO3/c24-20(18-10-9-15-5-1-2-7-17(15)13-18)14-23-22(25)21-19-8-4-3-6-16(19)11-12-26-21/h1-10,13,20-21,24H,11-12,14H2,(H,23,25). The van der Waals surface area contributed by atoms with Crippen LogP contribution in [0.2, 0.25) is 0 Å². The number of aliphatic hydroxyl groups is 1. The topological polar surface area (TPSA) is 58.6 Å². The third-order valence-corrected chi connectivity index (χ3v) is 4.86. The van der Waals surface area contributed by atoms with Crippen LogP contribution in [0.15, 0.2) is 66.7 Å². The molecule has 1 amide bonds. The van der Waals surface area contributed by atoms with E-state index in [1.807, 2.05) is 66.7 Å². The molecule has 26 heavy (non-hydrogen) atoms. The minimum absolute atomic E-state index is 0.152. The van der Waals surface area contributed by atoms with Gasteiger partial charge in [-0.3, -0.25) is 4.79 Å². The maximum atomic E-state index is 12.6. The van der Waals surface area contributed by atoms with Gasteiger partial charge in [-0.2, -0.15) is 0 Å². The van der Waals surface area contributed by atoms with E-state index in [1.54, 1.807) is 0 Å². The molecule has 0 bridgehead atoms. The van der Waals surface area contributed by atoms with Gasteiger partial charge in [-0.05, 0) is 39.9 Å². The fourth-order valence-corrected chi connectivity index (χ4v) is 3.43.